The maximum absolute atomic E-state index is 12.4. The summed E-state index contributed by atoms with van der Waals surface area (Å²) in [7, 11) is 0. The molecule has 1 heterocycles. The Labute approximate surface area is 168 Å². The molecule has 1 amide bonds. The first-order valence-corrected chi connectivity index (χ1v) is 10.6. The van der Waals surface area contributed by atoms with Crippen LogP contribution < -0.4 is 10.6 Å². The van der Waals surface area contributed by atoms with Crippen molar-refractivity contribution in [2.75, 3.05) is 0 Å². The lowest BCUT2D eigenvalue weighted by atomic mass is 9.82. The molecule has 28 heavy (non-hydrogen) atoms. The van der Waals surface area contributed by atoms with E-state index in [-0.39, 0.29) is 11.8 Å². The molecule has 0 spiro atoms. The molecule has 0 radical (unpaired) electrons. The van der Waals surface area contributed by atoms with Crippen molar-refractivity contribution >= 4 is 5.91 Å². The lowest BCUT2D eigenvalue weighted by Gasteiger charge is -2.40. The summed E-state index contributed by atoms with van der Waals surface area (Å²) in [4.78, 5) is 12.4. The van der Waals surface area contributed by atoms with E-state index in [0.717, 1.165) is 18.5 Å². The minimum absolute atomic E-state index is 0.183. The molecule has 2 fully saturated rings. The Balaban J connectivity index is 1.45. The molecule has 2 aliphatic rings. The van der Waals surface area contributed by atoms with Crippen LogP contribution in [0.4, 0.5) is 0 Å². The third-order valence-corrected chi connectivity index (χ3v) is 6.30. The second-order valence-corrected chi connectivity index (χ2v) is 8.29. The van der Waals surface area contributed by atoms with Crippen molar-refractivity contribution in [2.45, 2.75) is 57.9 Å². The number of carbonyl (C=O) groups excluding carboxylic acids is 1. The van der Waals surface area contributed by atoms with Crippen molar-refractivity contribution in [2.24, 2.45) is 5.92 Å². The topological polar surface area (TPSA) is 41.1 Å². The van der Waals surface area contributed by atoms with Crippen LogP contribution in [-0.4, -0.2) is 11.9 Å². The monoisotopic (exact) mass is 374 g/mol. The lowest BCUT2D eigenvalue weighted by Crippen LogP contribution is -2.47. The molecule has 2 aromatic rings. The molecular formula is C25H30N2O. The summed E-state index contributed by atoms with van der Waals surface area (Å²) < 4.78 is 0. The molecule has 1 aliphatic heterocycles. The first-order valence-electron chi connectivity index (χ1n) is 10.6. The fraction of sp³-hybridized carbons (Fsp3) is 0.400. The number of rotatable bonds is 4. The highest BCUT2D eigenvalue weighted by atomic mass is 16.1. The Morgan fingerprint density at radius 2 is 1.75 bits per heavy atom. The Bertz CT molecular complexity index is 862. The van der Waals surface area contributed by atoms with E-state index in [1.54, 1.807) is 0 Å². The largest absolute Gasteiger partial charge is 0.383 e. The number of benzene rings is 2. The first kappa shape index (κ1) is 18.8. The Hall–Kier alpha value is -2.55. The van der Waals surface area contributed by atoms with Crippen LogP contribution in [0.2, 0.25) is 0 Å². The van der Waals surface area contributed by atoms with E-state index in [4.69, 9.17) is 0 Å². The predicted octanol–water partition coefficient (Wildman–Crippen LogP) is 5.28. The smallest absolute Gasteiger partial charge is 0.227 e. The van der Waals surface area contributed by atoms with Gasteiger partial charge in [-0.25, -0.2) is 0 Å². The van der Waals surface area contributed by atoms with Gasteiger partial charge in [0.25, 0.3) is 0 Å². The van der Waals surface area contributed by atoms with Gasteiger partial charge >= 0.3 is 0 Å². The van der Waals surface area contributed by atoms with Crippen molar-refractivity contribution in [3.8, 4) is 11.1 Å². The quantitative estimate of drug-likeness (QED) is 0.765. The molecule has 2 N–H and O–H groups in total. The first-order chi connectivity index (χ1) is 13.6. The SMILES string of the molecule is Cc1ccccc1-c1ccc(C2/C(=C/NC(=O)C3CCCCC3)NC2C)cc1. The summed E-state index contributed by atoms with van der Waals surface area (Å²) >= 11 is 0. The molecule has 2 atom stereocenters. The molecule has 1 aliphatic carbocycles. The van der Waals surface area contributed by atoms with E-state index < -0.39 is 0 Å². The Kier molecular flexibility index (Phi) is 5.52. The van der Waals surface area contributed by atoms with Crippen LogP contribution >= 0.6 is 0 Å². The molecular weight excluding hydrogens is 344 g/mol. The summed E-state index contributed by atoms with van der Waals surface area (Å²) in [5, 5.41) is 6.51. The van der Waals surface area contributed by atoms with Crippen LogP contribution in [0.3, 0.4) is 0 Å². The Morgan fingerprint density at radius 1 is 1.04 bits per heavy atom. The van der Waals surface area contributed by atoms with E-state index in [9.17, 15) is 4.79 Å². The molecule has 0 aromatic heterocycles. The average molecular weight is 375 g/mol. The van der Waals surface area contributed by atoms with Crippen LogP contribution in [-0.2, 0) is 4.79 Å². The van der Waals surface area contributed by atoms with Gasteiger partial charge in [0.15, 0.2) is 0 Å². The van der Waals surface area contributed by atoms with Gasteiger partial charge in [-0.2, -0.15) is 0 Å². The normalized spacial score (nSPS) is 23.7. The number of nitrogens with one attached hydrogen (secondary N) is 2. The molecule has 2 aromatic carbocycles. The second-order valence-electron chi connectivity index (χ2n) is 8.29. The highest BCUT2D eigenvalue weighted by molar-refractivity contribution is 5.79. The third-order valence-electron chi connectivity index (χ3n) is 6.30. The van der Waals surface area contributed by atoms with Gasteiger partial charge in [-0.15, -0.1) is 0 Å². The zero-order chi connectivity index (χ0) is 19.5. The summed E-state index contributed by atoms with van der Waals surface area (Å²) in [6.45, 7) is 4.34. The number of amides is 1. The fourth-order valence-corrected chi connectivity index (χ4v) is 4.61. The van der Waals surface area contributed by atoms with Gasteiger partial charge in [-0.05, 0) is 48.9 Å². The van der Waals surface area contributed by atoms with Gasteiger partial charge in [-0.3, -0.25) is 4.79 Å². The maximum Gasteiger partial charge on any atom is 0.227 e. The molecule has 4 rings (SSSR count). The molecule has 146 valence electrons. The highest BCUT2D eigenvalue weighted by Gasteiger charge is 2.33. The summed E-state index contributed by atoms with van der Waals surface area (Å²) in [6, 6.07) is 17.7. The molecule has 1 saturated carbocycles. The second kappa shape index (κ2) is 8.22. The molecule has 0 bridgehead atoms. The third kappa shape index (κ3) is 3.84. The lowest BCUT2D eigenvalue weighted by molar-refractivity contribution is -0.124. The van der Waals surface area contributed by atoms with Crippen molar-refractivity contribution < 1.29 is 4.79 Å². The standard InChI is InChI=1S/C25H30N2O/c1-17-8-6-7-11-22(17)19-12-14-20(15-13-19)24-18(2)27-23(24)16-26-25(28)21-9-4-3-5-10-21/h6-8,11-16,18,21,24,27H,3-5,9-10H2,1-2H3,(H,26,28)/b23-16-. The minimum atomic E-state index is 0.183. The van der Waals surface area contributed by atoms with Crippen LogP contribution in [0.15, 0.2) is 60.4 Å². The predicted molar refractivity (Wildman–Crippen MR) is 115 cm³/mol. The van der Waals surface area contributed by atoms with Crippen molar-refractivity contribution in [3.05, 3.63) is 71.6 Å². The van der Waals surface area contributed by atoms with Crippen molar-refractivity contribution in [1.29, 1.82) is 0 Å². The Morgan fingerprint density at radius 3 is 2.43 bits per heavy atom. The molecule has 3 heteroatoms. The highest BCUT2D eigenvalue weighted by Crippen LogP contribution is 2.36. The number of hydrogen-bond acceptors (Lipinski definition) is 2. The molecule has 2 unspecified atom stereocenters. The van der Waals surface area contributed by atoms with E-state index in [1.165, 1.54) is 41.5 Å². The summed E-state index contributed by atoms with van der Waals surface area (Å²) in [6.07, 6.45) is 7.59. The van der Waals surface area contributed by atoms with E-state index in [0.29, 0.717) is 12.0 Å². The maximum atomic E-state index is 12.4. The van der Waals surface area contributed by atoms with Gasteiger partial charge in [0.05, 0.1) is 0 Å². The van der Waals surface area contributed by atoms with Gasteiger partial charge in [0, 0.05) is 29.8 Å². The number of aryl methyl sites for hydroxylation is 1. The zero-order valence-corrected chi connectivity index (χ0v) is 16.9. The minimum Gasteiger partial charge on any atom is -0.383 e. The van der Waals surface area contributed by atoms with E-state index in [1.807, 2.05) is 6.20 Å². The van der Waals surface area contributed by atoms with E-state index >= 15 is 0 Å². The van der Waals surface area contributed by atoms with E-state index in [2.05, 4.69) is 73.0 Å². The summed E-state index contributed by atoms with van der Waals surface area (Å²) in [5.41, 5.74) is 6.23. The van der Waals surface area contributed by atoms with Crippen molar-refractivity contribution in [1.82, 2.24) is 10.6 Å². The average Bonchev–Trinajstić information content (AvgIpc) is 2.72. The summed E-state index contributed by atoms with van der Waals surface area (Å²) in [5.74, 6) is 0.690. The van der Waals surface area contributed by atoms with Crippen LogP contribution in [0.25, 0.3) is 11.1 Å². The zero-order valence-electron chi connectivity index (χ0n) is 16.9. The van der Waals surface area contributed by atoms with Crippen LogP contribution in [0, 0.1) is 12.8 Å². The van der Waals surface area contributed by atoms with Crippen LogP contribution in [0.1, 0.15) is 56.1 Å². The van der Waals surface area contributed by atoms with Crippen molar-refractivity contribution in [3.63, 3.8) is 0 Å². The number of carbonyl (C=O) groups is 1. The molecule has 1 saturated heterocycles. The van der Waals surface area contributed by atoms with Gasteiger partial charge in [-0.1, -0.05) is 67.8 Å². The van der Waals surface area contributed by atoms with Gasteiger partial charge in [0.1, 0.15) is 0 Å². The molecule has 3 nitrogen and oxygen atoms in total. The van der Waals surface area contributed by atoms with Gasteiger partial charge in [0.2, 0.25) is 5.91 Å². The van der Waals surface area contributed by atoms with Crippen LogP contribution in [0.5, 0.6) is 0 Å². The van der Waals surface area contributed by atoms with Gasteiger partial charge < -0.3 is 10.6 Å². The fourth-order valence-electron chi connectivity index (χ4n) is 4.61. The number of hydrogen-bond donors (Lipinski definition) is 2.